The van der Waals surface area contributed by atoms with Crippen LogP contribution >= 0.6 is 0 Å². The minimum Gasteiger partial charge on any atom is -0.293 e. The fraction of sp³-hybridized carbons (Fsp3) is 0.750. The van der Waals surface area contributed by atoms with Crippen molar-refractivity contribution in [3.63, 3.8) is 0 Å². The number of allylic oxidation sites excluding steroid dienone is 1. The molecule has 92 valence electrons. The fourth-order valence-corrected chi connectivity index (χ4v) is 1.75. The van der Waals surface area contributed by atoms with Crippen LogP contribution in [0.15, 0.2) is 16.5 Å². The highest BCUT2D eigenvalue weighted by Gasteiger charge is 2.14. The Balaban J connectivity index is 2.86. The van der Waals surface area contributed by atoms with E-state index in [1.807, 2.05) is 0 Å². The largest absolute Gasteiger partial charge is 0.293 e. The molecule has 0 aromatic carbocycles. The third-order valence-electron chi connectivity index (χ3n) is 2.96. The first-order chi connectivity index (χ1) is 7.56. The van der Waals surface area contributed by atoms with Crippen LogP contribution in [-0.4, -0.2) is 16.8 Å². The zero-order valence-electron chi connectivity index (χ0n) is 10.9. The van der Waals surface area contributed by atoms with E-state index < -0.39 is 0 Å². The van der Waals surface area contributed by atoms with Gasteiger partial charge in [-0.2, -0.15) is 5.10 Å². The van der Waals surface area contributed by atoms with Crippen molar-refractivity contribution in [1.82, 2.24) is 10.4 Å². The van der Waals surface area contributed by atoms with Crippen molar-refractivity contribution in [3.05, 3.63) is 11.4 Å². The highest BCUT2D eigenvalue weighted by Crippen LogP contribution is 2.17. The van der Waals surface area contributed by atoms with Crippen molar-refractivity contribution < 1.29 is 0 Å². The molecule has 0 spiro atoms. The predicted molar refractivity (Wildman–Crippen MR) is 68.6 cm³/mol. The van der Waals surface area contributed by atoms with Crippen molar-refractivity contribution in [2.24, 2.45) is 10.9 Å². The van der Waals surface area contributed by atoms with Crippen LogP contribution < -0.4 is 11.3 Å². The molecule has 1 rings (SSSR count). The lowest BCUT2D eigenvalue weighted by Gasteiger charge is -2.28. The van der Waals surface area contributed by atoms with Crippen LogP contribution in [0, 0.1) is 0 Å². The topological polar surface area (TPSA) is 53.7 Å². The second-order valence-corrected chi connectivity index (χ2v) is 4.63. The third-order valence-corrected chi connectivity index (χ3v) is 2.96. The maximum Gasteiger partial charge on any atom is 0.135 e. The molecule has 0 bridgehead atoms. The van der Waals surface area contributed by atoms with E-state index in [-0.39, 0.29) is 6.04 Å². The van der Waals surface area contributed by atoms with Crippen molar-refractivity contribution in [1.29, 1.82) is 0 Å². The minimum absolute atomic E-state index is 0.275. The highest BCUT2D eigenvalue weighted by molar-refractivity contribution is 5.84. The third kappa shape index (κ3) is 3.23. The molecule has 1 aliphatic heterocycles. The lowest BCUT2D eigenvalue weighted by atomic mass is 10.1. The van der Waals surface area contributed by atoms with E-state index in [1.54, 1.807) is 5.01 Å². The zero-order chi connectivity index (χ0) is 12.1. The summed E-state index contributed by atoms with van der Waals surface area (Å²) in [6.45, 7) is 8.41. The summed E-state index contributed by atoms with van der Waals surface area (Å²) in [4.78, 5) is 0. The number of hydrazine groups is 1. The number of nitrogens with two attached hydrogens (primary N) is 1. The van der Waals surface area contributed by atoms with E-state index in [0.717, 1.165) is 31.5 Å². The van der Waals surface area contributed by atoms with Gasteiger partial charge in [-0.1, -0.05) is 6.92 Å². The van der Waals surface area contributed by atoms with E-state index in [9.17, 15) is 0 Å². The Hall–Kier alpha value is -1.03. The molecule has 0 unspecified atom stereocenters. The summed E-state index contributed by atoms with van der Waals surface area (Å²) in [7, 11) is 0. The van der Waals surface area contributed by atoms with E-state index >= 15 is 0 Å². The smallest absolute Gasteiger partial charge is 0.135 e. The van der Waals surface area contributed by atoms with Gasteiger partial charge < -0.3 is 0 Å². The molecule has 0 saturated heterocycles. The molecule has 1 heterocycles. The number of nitrogens with zero attached hydrogens (tertiary/aromatic N) is 2. The quantitative estimate of drug-likeness (QED) is 0.571. The maximum absolute atomic E-state index is 6.03. The lowest BCUT2D eigenvalue weighted by Crippen LogP contribution is -2.42. The van der Waals surface area contributed by atoms with Gasteiger partial charge in [0.2, 0.25) is 0 Å². The molecular weight excluding hydrogens is 200 g/mol. The normalized spacial score (nSPS) is 25.5. The van der Waals surface area contributed by atoms with Crippen LogP contribution in [0.4, 0.5) is 0 Å². The van der Waals surface area contributed by atoms with Crippen molar-refractivity contribution in [3.8, 4) is 0 Å². The van der Waals surface area contributed by atoms with Crippen molar-refractivity contribution in [2.45, 2.75) is 59.4 Å². The van der Waals surface area contributed by atoms with Gasteiger partial charge in [-0.05, 0) is 52.0 Å². The van der Waals surface area contributed by atoms with Gasteiger partial charge in [0.05, 0.1) is 0 Å². The number of nitrogens with one attached hydrogen (secondary N) is 1. The Bertz CT molecular complexity index is 291. The molecule has 1 aliphatic rings. The van der Waals surface area contributed by atoms with E-state index in [0.29, 0.717) is 0 Å². The Morgan fingerprint density at radius 2 is 2.12 bits per heavy atom. The van der Waals surface area contributed by atoms with Gasteiger partial charge in [-0.25, -0.2) is 5.84 Å². The summed E-state index contributed by atoms with van der Waals surface area (Å²) in [5.74, 6) is 6.99. The van der Waals surface area contributed by atoms with Gasteiger partial charge in [-0.3, -0.25) is 10.4 Å². The average molecular weight is 224 g/mol. The standard InChI is InChI=1S/C12H24N4/c1-5-11-8-6-7-10(4)12(15-14-11)16(13)9(2)3/h9,15H,5-8,13H2,1-4H3/b12-10-,14-11-. The molecule has 16 heavy (non-hydrogen) atoms. The van der Waals surface area contributed by atoms with Crippen LogP contribution in [0.1, 0.15) is 53.4 Å². The Morgan fingerprint density at radius 3 is 2.69 bits per heavy atom. The fourth-order valence-electron chi connectivity index (χ4n) is 1.75. The lowest BCUT2D eigenvalue weighted by molar-refractivity contribution is 0.268. The number of hydrogen-bond acceptors (Lipinski definition) is 4. The molecule has 0 aromatic rings. The van der Waals surface area contributed by atoms with Crippen LogP contribution in [0.2, 0.25) is 0 Å². The van der Waals surface area contributed by atoms with E-state index in [1.165, 1.54) is 11.3 Å². The second kappa shape index (κ2) is 5.89. The molecule has 0 radical (unpaired) electrons. The van der Waals surface area contributed by atoms with Crippen LogP contribution in [0.5, 0.6) is 0 Å². The van der Waals surface area contributed by atoms with Gasteiger partial charge in [0.15, 0.2) is 0 Å². The predicted octanol–water partition coefficient (Wildman–Crippen LogP) is 2.34. The molecule has 0 aliphatic carbocycles. The van der Waals surface area contributed by atoms with Gasteiger partial charge >= 0.3 is 0 Å². The first-order valence-corrected chi connectivity index (χ1v) is 6.11. The van der Waals surface area contributed by atoms with Gasteiger partial charge in [0.25, 0.3) is 0 Å². The summed E-state index contributed by atoms with van der Waals surface area (Å²) in [5.41, 5.74) is 5.63. The average Bonchev–Trinajstić information content (AvgIpc) is 2.23. The molecule has 4 nitrogen and oxygen atoms in total. The molecule has 0 atom stereocenters. The molecule has 0 amide bonds. The first kappa shape index (κ1) is 13.0. The first-order valence-electron chi connectivity index (χ1n) is 6.11. The SMILES string of the molecule is CC/C1=N/N/C(N(N)C(C)C)=C(\C)CCC1. The minimum atomic E-state index is 0.275. The Labute approximate surface area is 98.5 Å². The summed E-state index contributed by atoms with van der Waals surface area (Å²) in [6.07, 6.45) is 4.34. The maximum atomic E-state index is 6.03. The second-order valence-electron chi connectivity index (χ2n) is 4.63. The zero-order valence-corrected chi connectivity index (χ0v) is 10.9. The molecule has 4 heteroatoms. The molecular formula is C12H24N4. The monoisotopic (exact) mass is 224 g/mol. The number of rotatable bonds is 3. The van der Waals surface area contributed by atoms with Crippen molar-refractivity contribution >= 4 is 5.71 Å². The molecule has 0 saturated carbocycles. The highest BCUT2D eigenvalue weighted by atomic mass is 15.5. The summed E-state index contributed by atoms with van der Waals surface area (Å²) in [5, 5.41) is 6.19. The van der Waals surface area contributed by atoms with E-state index in [4.69, 9.17) is 5.84 Å². The molecule has 0 fully saturated rings. The summed E-state index contributed by atoms with van der Waals surface area (Å²) < 4.78 is 0. The summed E-state index contributed by atoms with van der Waals surface area (Å²) in [6, 6.07) is 0.275. The van der Waals surface area contributed by atoms with Crippen molar-refractivity contribution in [2.75, 3.05) is 0 Å². The number of hydrazone groups is 1. The van der Waals surface area contributed by atoms with Crippen LogP contribution in [0.3, 0.4) is 0 Å². The number of hydrogen-bond donors (Lipinski definition) is 2. The van der Waals surface area contributed by atoms with E-state index in [2.05, 4.69) is 38.2 Å². The van der Waals surface area contributed by atoms with Crippen LogP contribution in [-0.2, 0) is 0 Å². The van der Waals surface area contributed by atoms with Gasteiger partial charge in [-0.15, -0.1) is 0 Å². The molecule has 3 N–H and O–H groups in total. The summed E-state index contributed by atoms with van der Waals surface area (Å²) >= 11 is 0. The van der Waals surface area contributed by atoms with Crippen LogP contribution in [0.25, 0.3) is 0 Å². The van der Waals surface area contributed by atoms with Gasteiger partial charge in [0.1, 0.15) is 5.82 Å². The Morgan fingerprint density at radius 1 is 1.44 bits per heavy atom. The Kier molecular flexibility index (Phi) is 4.80. The van der Waals surface area contributed by atoms with Gasteiger partial charge in [0, 0.05) is 11.8 Å². The molecule has 0 aromatic heterocycles.